The first-order chi connectivity index (χ1) is 5.61. The van der Waals surface area contributed by atoms with Gasteiger partial charge < -0.3 is 0 Å². The summed E-state index contributed by atoms with van der Waals surface area (Å²) in [5, 5.41) is 9.27. The van der Waals surface area contributed by atoms with Gasteiger partial charge in [0.15, 0.2) is 0 Å². The molecule has 12 heavy (non-hydrogen) atoms. The van der Waals surface area contributed by atoms with Crippen molar-refractivity contribution in [2.75, 3.05) is 0 Å². The summed E-state index contributed by atoms with van der Waals surface area (Å²) >= 11 is -1.14. The van der Waals surface area contributed by atoms with Crippen molar-refractivity contribution in [3.63, 3.8) is 0 Å². The molecule has 1 aromatic rings. The summed E-state index contributed by atoms with van der Waals surface area (Å²) < 4.78 is 0.708. The quantitative estimate of drug-likeness (QED) is 0.819. The summed E-state index contributed by atoms with van der Waals surface area (Å²) in [5.74, 6) is 0.393. The molecule has 0 heterocycles. The van der Waals surface area contributed by atoms with Crippen LogP contribution < -0.4 is 0 Å². The van der Waals surface area contributed by atoms with E-state index in [4.69, 9.17) is 0 Å². The Hall–Kier alpha value is -0.181. The van der Waals surface area contributed by atoms with Gasteiger partial charge in [0.25, 0.3) is 0 Å². The molecule has 0 bridgehead atoms. The van der Waals surface area contributed by atoms with Crippen molar-refractivity contribution in [1.82, 2.24) is 0 Å². The maximum absolute atomic E-state index is 9.27. The van der Waals surface area contributed by atoms with E-state index in [0.717, 1.165) is 0 Å². The fourth-order valence-electron chi connectivity index (χ4n) is 1.13. The summed E-state index contributed by atoms with van der Waals surface area (Å²) in [7, 11) is 0. The molecule has 1 unspecified atom stereocenters. The summed E-state index contributed by atoms with van der Waals surface area (Å²) in [6.07, 6.45) is 0. The first kappa shape index (κ1) is 9.90. The number of phenols is 1. The van der Waals surface area contributed by atoms with Crippen LogP contribution in [0.25, 0.3) is 0 Å². The van der Waals surface area contributed by atoms with Crippen molar-refractivity contribution in [3.05, 3.63) is 29.8 Å². The molecule has 0 aromatic heterocycles. The van der Waals surface area contributed by atoms with Crippen LogP contribution in [0.4, 0.5) is 0 Å². The molecular weight excluding hydrogens is 255 g/mol. The van der Waals surface area contributed by atoms with Crippen molar-refractivity contribution in [1.29, 1.82) is 0 Å². The fraction of sp³-hybridized carbons (Fsp3) is 0.400. The Kier molecular flexibility index (Phi) is 3.44. The predicted octanol–water partition coefficient (Wildman–Crippen LogP) is 2.79. The van der Waals surface area contributed by atoms with Gasteiger partial charge in [-0.2, -0.15) is 0 Å². The average molecular weight is 270 g/mol. The molecule has 0 saturated heterocycles. The van der Waals surface area contributed by atoms with Crippen LogP contribution in [0, 0.1) is 0 Å². The molecule has 1 atom stereocenters. The molecule has 0 aliphatic carbocycles. The van der Waals surface area contributed by atoms with Gasteiger partial charge in [-0.15, -0.1) is 0 Å². The monoisotopic (exact) mass is 271 g/mol. The maximum atomic E-state index is 9.27. The Morgan fingerprint density at radius 3 is 2.50 bits per heavy atom. The van der Waals surface area contributed by atoms with Gasteiger partial charge >= 0.3 is 81.2 Å². The molecule has 0 spiro atoms. The molecule has 1 rings (SSSR count). The zero-order valence-electron chi connectivity index (χ0n) is 7.83. The molecule has 0 fully saturated rings. The first-order valence-corrected chi connectivity index (χ1v) is 11.6. The SMILES string of the molecule is C[CH](c1cccc(O)c1)[Sn]([CH3])[CH3]. The van der Waals surface area contributed by atoms with Crippen molar-refractivity contribution in [3.8, 4) is 5.75 Å². The van der Waals surface area contributed by atoms with Crippen LogP contribution in [0.5, 0.6) is 5.75 Å². The van der Waals surface area contributed by atoms with Gasteiger partial charge in [-0.25, -0.2) is 0 Å². The second-order valence-corrected chi connectivity index (χ2v) is 12.0. The van der Waals surface area contributed by atoms with Crippen LogP contribution in [-0.2, 0) is 0 Å². The third-order valence-corrected chi connectivity index (χ3v) is 8.13. The molecule has 0 aliphatic rings. The Morgan fingerprint density at radius 2 is 2.00 bits per heavy atom. The average Bonchev–Trinajstić information content (AvgIpc) is 2.03. The minimum atomic E-state index is -1.14. The summed E-state index contributed by atoms with van der Waals surface area (Å²) in [5.41, 5.74) is 1.30. The van der Waals surface area contributed by atoms with E-state index in [1.165, 1.54) is 5.56 Å². The fourth-order valence-corrected chi connectivity index (χ4v) is 3.54. The van der Waals surface area contributed by atoms with Gasteiger partial charge in [-0.3, -0.25) is 0 Å². The van der Waals surface area contributed by atoms with Gasteiger partial charge in [0, 0.05) is 0 Å². The second-order valence-electron chi connectivity index (χ2n) is 3.39. The van der Waals surface area contributed by atoms with Crippen molar-refractivity contribution in [2.24, 2.45) is 0 Å². The van der Waals surface area contributed by atoms with Crippen molar-refractivity contribution in [2.45, 2.75) is 20.7 Å². The van der Waals surface area contributed by atoms with E-state index in [2.05, 4.69) is 22.9 Å². The molecule has 1 nitrogen and oxygen atoms in total. The summed E-state index contributed by atoms with van der Waals surface area (Å²) in [6.45, 7) is 2.27. The Balaban J connectivity index is 2.88. The molecule has 0 amide bonds. The van der Waals surface area contributed by atoms with Crippen LogP contribution in [0.3, 0.4) is 0 Å². The van der Waals surface area contributed by atoms with Crippen LogP contribution >= 0.6 is 0 Å². The third-order valence-electron chi connectivity index (χ3n) is 2.24. The molecule has 2 heteroatoms. The van der Waals surface area contributed by atoms with E-state index in [-0.39, 0.29) is 0 Å². The van der Waals surface area contributed by atoms with Gasteiger partial charge in [0.05, 0.1) is 0 Å². The standard InChI is InChI=1S/C8H9O.2CH3.Sn/c1-2-7-4-3-5-8(9)6-7;;;/h2-6,9H,1H3;2*1H3;. The van der Waals surface area contributed by atoms with E-state index >= 15 is 0 Å². The van der Waals surface area contributed by atoms with Gasteiger partial charge in [-0.05, 0) is 0 Å². The number of benzene rings is 1. The predicted molar refractivity (Wildman–Crippen MR) is 54.0 cm³/mol. The molecule has 0 saturated carbocycles. The van der Waals surface area contributed by atoms with Gasteiger partial charge in [0.1, 0.15) is 0 Å². The van der Waals surface area contributed by atoms with Crippen LogP contribution in [-0.4, -0.2) is 24.9 Å². The molecule has 65 valence electrons. The Bertz CT molecular complexity index is 258. The molecular formula is C10H15OSn. The van der Waals surface area contributed by atoms with Gasteiger partial charge in [-0.1, -0.05) is 0 Å². The minimum absolute atomic E-state index is 0.393. The van der Waals surface area contributed by atoms with Crippen LogP contribution in [0.1, 0.15) is 16.4 Å². The summed E-state index contributed by atoms with van der Waals surface area (Å²) in [4.78, 5) is 4.77. The van der Waals surface area contributed by atoms with E-state index in [1.807, 2.05) is 12.1 Å². The molecule has 1 N–H and O–H groups in total. The zero-order valence-corrected chi connectivity index (χ0v) is 10.7. The normalized spacial score (nSPS) is 13.3. The van der Waals surface area contributed by atoms with Crippen LogP contribution in [0.2, 0.25) is 9.88 Å². The Labute approximate surface area is 81.2 Å². The number of hydrogen-bond acceptors (Lipinski definition) is 1. The number of hydrogen-bond donors (Lipinski definition) is 1. The van der Waals surface area contributed by atoms with Crippen LogP contribution in [0.15, 0.2) is 24.3 Å². The second kappa shape index (κ2) is 4.17. The first-order valence-electron chi connectivity index (χ1n) is 4.20. The van der Waals surface area contributed by atoms with E-state index in [0.29, 0.717) is 9.68 Å². The number of phenolic OH excluding ortho intramolecular Hbond substituents is 1. The van der Waals surface area contributed by atoms with E-state index < -0.39 is 19.8 Å². The molecule has 1 aromatic carbocycles. The number of rotatable bonds is 2. The van der Waals surface area contributed by atoms with Crippen molar-refractivity contribution < 1.29 is 5.11 Å². The van der Waals surface area contributed by atoms with E-state index in [9.17, 15) is 5.11 Å². The Morgan fingerprint density at radius 1 is 1.33 bits per heavy atom. The van der Waals surface area contributed by atoms with Gasteiger partial charge in [0.2, 0.25) is 0 Å². The molecule has 1 radical (unpaired) electrons. The summed E-state index contributed by atoms with van der Waals surface area (Å²) in [6, 6.07) is 7.65. The number of aromatic hydroxyl groups is 1. The topological polar surface area (TPSA) is 20.2 Å². The van der Waals surface area contributed by atoms with E-state index in [1.54, 1.807) is 6.07 Å². The molecule has 0 aliphatic heterocycles. The zero-order chi connectivity index (χ0) is 9.14. The third kappa shape index (κ3) is 2.40. The van der Waals surface area contributed by atoms with Crippen molar-refractivity contribution >= 4 is 19.8 Å².